The third-order valence-electron chi connectivity index (χ3n) is 1.90. The molecule has 3 nitrogen and oxygen atoms in total. The highest BCUT2D eigenvalue weighted by Gasteiger charge is 2.17. The summed E-state index contributed by atoms with van der Waals surface area (Å²) in [6.45, 7) is 3.23. The van der Waals surface area contributed by atoms with E-state index in [1.165, 1.54) is 0 Å². The zero-order valence-electron chi connectivity index (χ0n) is 7.16. The van der Waals surface area contributed by atoms with Crippen molar-refractivity contribution in [1.29, 1.82) is 0 Å². The number of piperidine rings is 1. The molecule has 1 aliphatic rings. The number of hydrogen-bond acceptors (Lipinski definition) is 2. The number of carbonyl (C=O) groups is 1. The summed E-state index contributed by atoms with van der Waals surface area (Å²) in [5, 5.41) is 0. The van der Waals surface area contributed by atoms with Gasteiger partial charge in [0.15, 0.2) is 0 Å². The summed E-state index contributed by atoms with van der Waals surface area (Å²) in [6.07, 6.45) is 2.12. The summed E-state index contributed by atoms with van der Waals surface area (Å²) in [5.41, 5.74) is 5.67. The minimum absolute atomic E-state index is 0. The van der Waals surface area contributed by atoms with E-state index in [1.807, 2.05) is 4.90 Å². The lowest BCUT2D eigenvalue weighted by Crippen LogP contribution is -2.44. The second kappa shape index (κ2) is 6.52. The minimum Gasteiger partial charge on any atom is -0.341 e. The number of nitrogens with zero attached hydrogens (tertiary/aromatic N) is 1. The zero-order valence-corrected chi connectivity index (χ0v) is 8.79. The molecule has 1 saturated heterocycles. The minimum atomic E-state index is 0. The van der Waals surface area contributed by atoms with E-state index < -0.39 is 0 Å². The van der Waals surface area contributed by atoms with Crippen molar-refractivity contribution in [2.24, 2.45) is 5.73 Å². The Labute approximate surface area is 85.5 Å². The number of carbonyl (C=O) groups excluding carboxylic acids is 1. The molecule has 74 valence electrons. The summed E-state index contributed by atoms with van der Waals surface area (Å²) in [4.78, 5) is 12.6. The summed E-state index contributed by atoms with van der Waals surface area (Å²) in [5.74, 6) is 0.148. The van der Waals surface area contributed by atoms with Gasteiger partial charge < -0.3 is 10.6 Å². The van der Waals surface area contributed by atoms with E-state index in [0.717, 1.165) is 25.9 Å². The average Bonchev–Trinajstić information content (AvgIpc) is 1.88. The molecule has 0 aromatic heterocycles. The lowest BCUT2D eigenvalue weighted by atomic mass is 10.1. The van der Waals surface area contributed by atoms with Crippen LogP contribution in [0.3, 0.4) is 0 Å². The Morgan fingerprint density at radius 2 is 2.08 bits per heavy atom. The van der Waals surface area contributed by atoms with Crippen LogP contribution in [0.2, 0.25) is 0 Å². The Kier molecular flexibility index (Phi) is 7.89. The van der Waals surface area contributed by atoms with Crippen LogP contribution in [-0.4, -0.2) is 29.9 Å². The monoisotopic (exact) mass is 214 g/mol. The molecule has 0 unspecified atom stereocenters. The predicted molar refractivity (Wildman–Crippen MR) is 54.0 cm³/mol. The highest BCUT2D eigenvalue weighted by molar-refractivity contribution is 5.85. The summed E-state index contributed by atoms with van der Waals surface area (Å²) >= 11 is 0. The van der Waals surface area contributed by atoms with Crippen LogP contribution in [0.5, 0.6) is 0 Å². The fraction of sp³-hybridized carbons (Fsp3) is 0.857. The standard InChI is InChI=1S/C7H14N2O.2ClH/c1-6(10)9-4-2-3-7(8)5-9;;/h7H,2-5,8H2,1H3;2*1H/t7-;;/m1../s1. The third kappa shape index (κ3) is 4.14. The Hall–Kier alpha value is 0.01000. The number of halogens is 2. The van der Waals surface area contributed by atoms with Gasteiger partial charge in [0, 0.05) is 26.1 Å². The molecule has 12 heavy (non-hydrogen) atoms. The molecule has 1 aliphatic heterocycles. The van der Waals surface area contributed by atoms with Crippen LogP contribution < -0.4 is 5.73 Å². The summed E-state index contributed by atoms with van der Waals surface area (Å²) in [6, 6.07) is 0.206. The van der Waals surface area contributed by atoms with Crippen molar-refractivity contribution in [3.63, 3.8) is 0 Å². The molecule has 0 aromatic carbocycles. The van der Waals surface area contributed by atoms with Gasteiger partial charge in [-0.2, -0.15) is 0 Å². The Balaban J connectivity index is 0. The van der Waals surface area contributed by atoms with Crippen molar-refractivity contribution in [2.45, 2.75) is 25.8 Å². The average molecular weight is 215 g/mol. The van der Waals surface area contributed by atoms with Crippen LogP contribution in [0.1, 0.15) is 19.8 Å². The lowest BCUT2D eigenvalue weighted by Gasteiger charge is -2.29. The van der Waals surface area contributed by atoms with E-state index in [4.69, 9.17) is 5.73 Å². The van der Waals surface area contributed by atoms with Gasteiger partial charge in [0.05, 0.1) is 0 Å². The number of amides is 1. The quantitative estimate of drug-likeness (QED) is 0.649. The first-order chi connectivity index (χ1) is 4.70. The maximum absolute atomic E-state index is 10.8. The molecule has 1 atom stereocenters. The van der Waals surface area contributed by atoms with Crippen molar-refractivity contribution in [1.82, 2.24) is 4.90 Å². The van der Waals surface area contributed by atoms with E-state index in [0.29, 0.717) is 0 Å². The van der Waals surface area contributed by atoms with E-state index in [1.54, 1.807) is 6.92 Å². The molecular weight excluding hydrogens is 199 g/mol. The number of hydrogen-bond donors (Lipinski definition) is 1. The predicted octanol–water partition coefficient (Wildman–Crippen LogP) is 0.800. The largest absolute Gasteiger partial charge is 0.341 e. The molecule has 5 heteroatoms. The Bertz CT molecular complexity index is 143. The molecule has 0 aromatic rings. The van der Waals surface area contributed by atoms with Gasteiger partial charge in [-0.15, -0.1) is 24.8 Å². The van der Waals surface area contributed by atoms with E-state index in [2.05, 4.69) is 0 Å². The maximum atomic E-state index is 10.8. The van der Waals surface area contributed by atoms with Crippen molar-refractivity contribution in [3.05, 3.63) is 0 Å². The lowest BCUT2D eigenvalue weighted by molar-refractivity contribution is -0.129. The first-order valence-electron chi connectivity index (χ1n) is 3.71. The molecule has 2 N–H and O–H groups in total. The first kappa shape index (κ1) is 14.5. The van der Waals surface area contributed by atoms with Crippen LogP contribution in [-0.2, 0) is 4.79 Å². The molecule has 0 bridgehead atoms. The van der Waals surface area contributed by atoms with Crippen molar-refractivity contribution in [2.75, 3.05) is 13.1 Å². The highest BCUT2D eigenvalue weighted by Crippen LogP contribution is 2.07. The van der Waals surface area contributed by atoms with Crippen molar-refractivity contribution in [3.8, 4) is 0 Å². The number of nitrogens with two attached hydrogens (primary N) is 1. The molecule has 1 amide bonds. The van der Waals surface area contributed by atoms with Crippen LogP contribution in [0, 0.1) is 0 Å². The van der Waals surface area contributed by atoms with Gasteiger partial charge in [0.2, 0.25) is 5.91 Å². The van der Waals surface area contributed by atoms with Gasteiger partial charge in [-0.25, -0.2) is 0 Å². The van der Waals surface area contributed by atoms with Crippen molar-refractivity contribution >= 4 is 30.7 Å². The van der Waals surface area contributed by atoms with E-state index >= 15 is 0 Å². The van der Waals surface area contributed by atoms with Gasteiger partial charge in [-0.05, 0) is 12.8 Å². The SMILES string of the molecule is CC(=O)N1CCC[C@@H](N)C1.Cl.Cl. The molecular formula is C7H16Cl2N2O. The van der Waals surface area contributed by atoms with Crippen LogP contribution >= 0.6 is 24.8 Å². The zero-order chi connectivity index (χ0) is 7.56. The molecule has 1 heterocycles. The van der Waals surface area contributed by atoms with Gasteiger partial charge in [0.1, 0.15) is 0 Å². The molecule has 0 saturated carbocycles. The van der Waals surface area contributed by atoms with Gasteiger partial charge in [0.25, 0.3) is 0 Å². The van der Waals surface area contributed by atoms with Crippen LogP contribution in [0.4, 0.5) is 0 Å². The van der Waals surface area contributed by atoms with Gasteiger partial charge in [-0.3, -0.25) is 4.79 Å². The van der Waals surface area contributed by atoms with Crippen molar-refractivity contribution < 1.29 is 4.79 Å². The highest BCUT2D eigenvalue weighted by atomic mass is 35.5. The normalized spacial score (nSPS) is 22.2. The summed E-state index contributed by atoms with van der Waals surface area (Å²) < 4.78 is 0. The van der Waals surface area contributed by atoms with Gasteiger partial charge in [-0.1, -0.05) is 0 Å². The number of likely N-dealkylation sites (tertiary alicyclic amines) is 1. The Morgan fingerprint density at radius 3 is 2.42 bits per heavy atom. The maximum Gasteiger partial charge on any atom is 0.219 e. The van der Waals surface area contributed by atoms with Crippen LogP contribution in [0.15, 0.2) is 0 Å². The smallest absolute Gasteiger partial charge is 0.219 e. The van der Waals surface area contributed by atoms with E-state index in [9.17, 15) is 4.79 Å². The molecule has 0 aliphatic carbocycles. The summed E-state index contributed by atoms with van der Waals surface area (Å²) in [7, 11) is 0. The number of rotatable bonds is 0. The van der Waals surface area contributed by atoms with E-state index in [-0.39, 0.29) is 36.8 Å². The molecule has 1 rings (SSSR count). The van der Waals surface area contributed by atoms with Crippen LogP contribution in [0.25, 0.3) is 0 Å². The second-order valence-electron chi connectivity index (χ2n) is 2.87. The Morgan fingerprint density at radius 1 is 1.50 bits per heavy atom. The molecule has 1 fully saturated rings. The second-order valence-corrected chi connectivity index (χ2v) is 2.87. The first-order valence-corrected chi connectivity index (χ1v) is 3.71. The topological polar surface area (TPSA) is 46.3 Å². The molecule has 0 spiro atoms. The fourth-order valence-electron chi connectivity index (χ4n) is 1.30. The fourth-order valence-corrected chi connectivity index (χ4v) is 1.30. The van der Waals surface area contributed by atoms with Gasteiger partial charge >= 0.3 is 0 Å². The molecule has 0 radical (unpaired) electrons. The third-order valence-corrected chi connectivity index (χ3v) is 1.90.